The van der Waals surface area contributed by atoms with Gasteiger partial charge in [0.1, 0.15) is 17.7 Å². The van der Waals surface area contributed by atoms with Gasteiger partial charge in [-0.3, -0.25) is 0 Å². The second-order valence-electron chi connectivity index (χ2n) is 6.08. The summed E-state index contributed by atoms with van der Waals surface area (Å²) in [4.78, 5) is 4.72. The topological polar surface area (TPSA) is 63.5 Å². The van der Waals surface area contributed by atoms with E-state index < -0.39 is 0 Å². The van der Waals surface area contributed by atoms with Crippen LogP contribution in [0.3, 0.4) is 0 Å². The van der Waals surface area contributed by atoms with E-state index in [0.29, 0.717) is 0 Å². The molecule has 6 heteroatoms. The molecule has 3 aromatic rings. The van der Waals surface area contributed by atoms with Crippen molar-refractivity contribution in [1.29, 1.82) is 0 Å². The molecule has 1 aliphatic rings. The summed E-state index contributed by atoms with van der Waals surface area (Å²) in [5.41, 5.74) is 2.91. The van der Waals surface area contributed by atoms with Crippen molar-refractivity contribution in [3.8, 4) is 16.9 Å². The van der Waals surface area contributed by atoms with E-state index in [0.717, 1.165) is 54.4 Å². The first kappa shape index (κ1) is 15.0. The largest absolute Gasteiger partial charge is 0.489 e. The van der Waals surface area contributed by atoms with Gasteiger partial charge in [0.2, 0.25) is 0 Å². The van der Waals surface area contributed by atoms with Crippen molar-refractivity contribution >= 4 is 11.5 Å². The van der Waals surface area contributed by atoms with Crippen LogP contribution in [0.5, 0.6) is 5.75 Å². The third kappa shape index (κ3) is 3.05. The predicted molar refractivity (Wildman–Crippen MR) is 94.5 cm³/mol. The molecule has 24 heavy (non-hydrogen) atoms. The van der Waals surface area contributed by atoms with Crippen LogP contribution in [0.2, 0.25) is 0 Å². The van der Waals surface area contributed by atoms with Crippen LogP contribution in [-0.2, 0) is 0 Å². The maximum atomic E-state index is 6.03. The molecule has 1 atom stereocenters. The maximum absolute atomic E-state index is 6.03. The minimum atomic E-state index is 0.115. The number of fused-ring (bicyclic) bond motifs is 4. The number of nitrogens with zero attached hydrogens (tertiary/aromatic N) is 3. The van der Waals surface area contributed by atoms with Crippen molar-refractivity contribution in [3.05, 3.63) is 42.7 Å². The summed E-state index contributed by atoms with van der Waals surface area (Å²) < 4.78 is 7.83. The summed E-state index contributed by atoms with van der Waals surface area (Å²) in [6, 6.07) is 10.1. The average Bonchev–Trinajstić information content (AvgIpc) is 3.00. The van der Waals surface area contributed by atoms with Crippen molar-refractivity contribution in [3.63, 3.8) is 0 Å². The molecular weight excluding hydrogens is 302 g/mol. The molecule has 3 heterocycles. The van der Waals surface area contributed by atoms with Crippen molar-refractivity contribution in [2.45, 2.75) is 19.4 Å². The molecule has 0 saturated carbocycles. The Labute approximate surface area is 140 Å². The molecule has 0 radical (unpaired) electrons. The van der Waals surface area contributed by atoms with Gasteiger partial charge in [0.15, 0.2) is 5.65 Å². The van der Waals surface area contributed by atoms with E-state index in [2.05, 4.69) is 34.8 Å². The van der Waals surface area contributed by atoms with Crippen LogP contribution in [0.4, 0.5) is 5.82 Å². The minimum absolute atomic E-state index is 0.115. The van der Waals surface area contributed by atoms with Crippen LogP contribution in [0.15, 0.2) is 42.7 Å². The Morgan fingerprint density at radius 1 is 1.25 bits per heavy atom. The lowest BCUT2D eigenvalue weighted by Crippen LogP contribution is -2.30. The van der Waals surface area contributed by atoms with Crippen LogP contribution >= 0.6 is 0 Å². The monoisotopic (exact) mass is 323 g/mol. The van der Waals surface area contributed by atoms with Crippen LogP contribution in [0.25, 0.3) is 16.8 Å². The lowest BCUT2D eigenvalue weighted by molar-refractivity contribution is 0.217. The van der Waals surface area contributed by atoms with Crippen molar-refractivity contribution < 1.29 is 4.74 Å². The molecule has 1 aromatic carbocycles. The molecule has 6 nitrogen and oxygen atoms in total. The van der Waals surface area contributed by atoms with Crippen LogP contribution in [0.1, 0.15) is 13.3 Å². The number of ether oxygens (including phenoxy) is 1. The molecule has 124 valence electrons. The van der Waals surface area contributed by atoms with Gasteiger partial charge >= 0.3 is 0 Å². The van der Waals surface area contributed by atoms with E-state index in [1.54, 1.807) is 4.52 Å². The first-order chi connectivity index (χ1) is 11.8. The fourth-order valence-electron chi connectivity index (χ4n) is 2.92. The summed E-state index contributed by atoms with van der Waals surface area (Å²) >= 11 is 0. The Morgan fingerprint density at radius 3 is 3.17 bits per heavy atom. The molecule has 0 saturated heterocycles. The first-order valence-corrected chi connectivity index (χ1v) is 8.36. The molecule has 1 unspecified atom stereocenters. The number of aromatic nitrogens is 3. The first-order valence-electron chi connectivity index (χ1n) is 8.36. The molecule has 0 amide bonds. The smallest absolute Gasteiger partial charge is 0.165 e. The molecule has 4 rings (SSSR count). The third-order valence-electron chi connectivity index (χ3n) is 4.12. The van der Waals surface area contributed by atoms with Crippen molar-refractivity contribution in [1.82, 2.24) is 19.9 Å². The molecular formula is C18H21N5O. The highest BCUT2D eigenvalue weighted by Gasteiger charge is 2.11. The molecule has 0 aliphatic carbocycles. The van der Waals surface area contributed by atoms with Gasteiger partial charge in [-0.15, -0.1) is 0 Å². The number of benzene rings is 1. The van der Waals surface area contributed by atoms with Gasteiger partial charge in [0, 0.05) is 24.8 Å². The van der Waals surface area contributed by atoms with E-state index >= 15 is 0 Å². The summed E-state index contributed by atoms with van der Waals surface area (Å²) in [6.45, 7) is 4.73. The minimum Gasteiger partial charge on any atom is -0.489 e. The van der Waals surface area contributed by atoms with Gasteiger partial charge < -0.3 is 15.4 Å². The molecule has 0 spiro atoms. The quantitative estimate of drug-likeness (QED) is 0.666. The van der Waals surface area contributed by atoms with Gasteiger partial charge in [-0.2, -0.15) is 5.10 Å². The van der Waals surface area contributed by atoms with E-state index in [-0.39, 0.29) is 6.10 Å². The van der Waals surface area contributed by atoms with Crippen LogP contribution in [0, 0.1) is 0 Å². The highest BCUT2D eigenvalue weighted by molar-refractivity contribution is 5.78. The van der Waals surface area contributed by atoms with Gasteiger partial charge in [-0.05, 0) is 43.7 Å². The van der Waals surface area contributed by atoms with E-state index in [1.165, 1.54) is 0 Å². The van der Waals surface area contributed by atoms with Gasteiger partial charge in [-0.25, -0.2) is 9.50 Å². The Kier molecular flexibility index (Phi) is 4.04. The highest BCUT2D eigenvalue weighted by atomic mass is 16.5. The van der Waals surface area contributed by atoms with Gasteiger partial charge in [0.25, 0.3) is 0 Å². The zero-order chi connectivity index (χ0) is 16.4. The Balaban J connectivity index is 1.78. The average molecular weight is 323 g/mol. The van der Waals surface area contributed by atoms with Crippen LogP contribution < -0.4 is 15.4 Å². The fraction of sp³-hybridized carbons (Fsp3) is 0.333. The molecule has 4 bridgehead atoms. The number of rotatable bonds is 0. The lowest BCUT2D eigenvalue weighted by atomic mass is 10.1. The normalized spacial score (nSPS) is 18.5. The second kappa shape index (κ2) is 6.49. The standard InChI is InChI=1S/C18H21N5O/c1-13-11-19-7-3-8-20-17-6-9-23-18(22-17)16(12-21-23)14-4-2-5-15(10-14)24-13/h2,4-6,9-10,12-13,19H,3,7-8,11H2,1H3,(H,20,22). The Bertz CT molecular complexity index is 844. The van der Waals surface area contributed by atoms with Crippen molar-refractivity contribution in [2.75, 3.05) is 25.0 Å². The van der Waals surface area contributed by atoms with Crippen LogP contribution in [-0.4, -0.2) is 40.3 Å². The van der Waals surface area contributed by atoms with E-state index in [1.807, 2.05) is 30.6 Å². The molecule has 0 fully saturated rings. The summed E-state index contributed by atoms with van der Waals surface area (Å²) in [5.74, 6) is 1.74. The molecule has 2 aromatic heterocycles. The molecule has 1 aliphatic heterocycles. The molecule has 2 N–H and O–H groups in total. The summed E-state index contributed by atoms with van der Waals surface area (Å²) in [7, 11) is 0. The zero-order valence-corrected chi connectivity index (χ0v) is 13.7. The van der Waals surface area contributed by atoms with Gasteiger partial charge in [-0.1, -0.05) is 12.1 Å². The predicted octanol–water partition coefficient (Wildman–Crippen LogP) is 2.57. The number of anilines is 1. The zero-order valence-electron chi connectivity index (χ0n) is 13.7. The third-order valence-corrected chi connectivity index (χ3v) is 4.12. The summed E-state index contributed by atoms with van der Waals surface area (Å²) in [6.07, 6.45) is 4.94. The SMILES string of the molecule is CC1CNCCCNc2ccn3ncc(c3n2)-c2cccc(c2)O1. The lowest BCUT2D eigenvalue weighted by Gasteiger charge is -2.16. The van der Waals surface area contributed by atoms with Crippen molar-refractivity contribution in [2.24, 2.45) is 0 Å². The number of hydrogen-bond acceptors (Lipinski definition) is 5. The number of hydrogen-bond donors (Lipinski definition) is 2. The van der Waals surface area contributed by atoms with Gasteiger partial charge in [0.05, 0.1) is 6.20 Å². The highest BCUT2D eigenvalue weighted by Crippen LogP contribution is 2.27. The summed E-state index contributed by atoms with van der Waals surface area (Å²) in [5, 5.41) is 11.2. The Hall–Kier alpha value is -2.60. The van der Waals surface area contributed by atoms with E-state index in [9.17, 15) is 0 Å². The fourth-order valence-corrected chi connectivity index (χ4v) is 2.92. The second-order valence-corrected chi connectivity index (χ2v) is 6.08. The number of nitrogens with one attached hydrogen (secondary N) is 2. The maximum Gasteiger partial charge on any atom is 0.165 e. The van der Waals surface area contributed by atoms with E-state index in [4.69, 9.17) is 9.72 Å². The Morgan fingerprint density at radius 2 is 2.21 bits per heavy atom.